The van der Waals surface area contributed by atoms with Crippen LogP contribution in [-0.2, 0) is 11.3 Å². The zero-order valence-corrected chi connectivity index (χ0v) is 11.4. The van der Waals surface area contributed by atoms with Gasteiger partial charge in [0.15, 0.2) is 0 Å². The molecule has 0 spiro atoms. The molecule has 2 heterocycles. The predicted octanol–water partition coefficient (Wildman–Crippen LogP) is 1.26. The zero-order valence-electron chi connectivity index (χ0n) is 11.4. The first-order valence-electron chi connectivity index (χ1n) is 7.03. The molecule has 0 aromatic heterocycles. The second-order valence-corrected chi connectivity index (χ2v) is 5.51. The molecule has 2 aliphatic rings. The third-order valence-electron chi connectivity index (χ3n) is 4.35. The van der Waals surface area contributed by atoms with Crippen molar-refractivity contribution in [3.63, 3.8) is 0 Å². The highest BCUT2D eigenvalue weighted by Crippen LogP contribution is 2.30. The third kappa shape index (κ3) is 2.10. The number of carbonyl (C=O) groups is 1. The second kappa shape index (κ2) is 4.85. The van der Waals surface area contributed by atoms with E-state index in [1.54, 1.807) is 0 Å². The van der Waals surface area contributed by atoms with E-state index in [1.807, 2.05) is 0 Å². The first-order valence-corrected chi connectivity index (χ1v) is 7.03. The van der Waals surface area contributed by atoms with Crippen LogP contribution < -0.4 is 10.6 Å². The van der Waals surface area contributed by atoms with Crippen LogP contribution in [0, 0.1) is 6.92 Å². The van der Waals surface area contributed by atoms with Gasteiger partial charge in [-0.3, -0.25) is 4.79 Å². The largest absolute Gasteiger partial charge is 0.367 e. The monoisotopic (exact) mass is 259 g/mol. The SMILES string of the molecule is Cc1cccc(CN)c1N1CCN2C(=O)CCC2C1. The summed E-state index contributed by atoms with van der Waals surface area (Å²) >= 11 is 0. The van der Waals surface area contributed by atoms with Crippen LogP contribution >= 0.6 is 0 Å². The summed E-state index contributed by atoms with van der Waals surface area (Å²) < 4.78 is 0. The molecule has 1 aromatic rings. The first-order chi connectivity index (χ1) is 9.20. The number of aryl methyl sites for hydroxylation is 1. The van der Waals surface area contributed by atoms with E-state index in [9.17, 15) is 4.79 Å². The fourth-order valence-corrected chi connectivity index (χ4v) is 3.40. The van der Waals surface area contributed by atoms with Crippen LogP contribution in [0.2, 0.25) is 0 Å². The number of para-hydroxylation sites is 1. The molecule has 0 bridgehead atoms. The van der Waals surface area contributed by atoms with Crippen LogP contribution in [0.25, 0.3) is 0 Å². The number of hydrogen-bond acceptors (Lipinski definition) is 3. The summed E-state index contributed by atoms with van der Waals surface area (Å²) in [6, 6.07) is 6.71. The highest BCUT2D eigenvalue weighted by Gasteiger charge is 2.36. The van der Waals surface area contributed by atoms with Gasteiger partial charge in [-0.25, -0.2) is 0 Å². The molecule has 1 aromatic carbocycles. The van der Waals surface area contributed by atoms with E-state index >= 15 is 0 Å². The number of piperazine rings is 1. The van der Waals surface area contributed by atoms with Gasteiger partial charge in [-0.2, -0.15) is 0 Å². The molecule has 3 rings (SSSR count). The average molecular weight is 259 g/mol. The number of hydrogen-bond donors (Lipinski definition) is 1. The average Bonchev–Trinajstić information content (AvgIpc) is 2.79. The quantitative estimate of drug-likeness (QED) is 0.870. The normalized spacial score (nSPS) is 22.8. The van der Waals surface area contributed by atoms with E-state index in [0.717, 1.165) is 32.5 Å². The Morgan fingerprint density at radius 3 is 3.00 bits per heavy atom. The molecule has 1 unspecified atom stereocenters. The molecular weight excluding hydrogens is 238 g/mol. The Kier molecular flexibility index (Phi) is 3.19. The smallest absolute Gasteiger partial charge is 0.223 e. The minimum absolute atomic E-state index is 0.327. The molecule has 2 N–H and O–H groups in total. The van der Waals surface area contributed by atoms with Crippen LogP contribution in [0.4, 0.5) is 5.69 Å². The lowest BCUT2D eigenvalue weighted by Gasteiger charge is -2.40. The Morgan fingerprint density at radius 2 is 2.21 bits per heavy atom. The fraction of sp³-hybridized carbons (Fsp3) is 0.533. The minimum Gasteiger partial charge on any atom is -0.367 e. The van der Waals surface area contributed by atoms with E-state index in [-0.39, 0.29) is 0 Å². The standard InChI is InChI=1S/C15H21N3O/c1-11-3-2-4-12(9-16)15(11)17-7-8-18-13(10-17)5-6-14(18)19/h2-4,13H,5-10,16H2,1H3. The summed E-state index contributed by atoms with van der Waals surface area (Å²) in [5.74, 6) is 0.327. The van der Waals surface area contributed by atoms with Gasteiger partial charge in [0.1, 0.15) is 0 Å². The maximum Gasteiger partial charge on any atom is 0.223 e. The molecule has 4 nitrogen and oxygen atoms in total. The molecule has 2 fully saturated rings. The molecule has 4 heteroatoms. The van der Waals surface area contributed by atoms with Crippen LogP contribution in [0.3, 0.4) is 0 Å². The van der Waals surface area contributed by atoms with Crippen molar-refractivity contribution in [3.8, 4) is 0 Å². The molecule has 102 valence electrons. The molecule has 0 radical (unpaired) electrons. The molecule has 0 aliphatic carbocycles. The van der Waals surface area contributed by atoms with E-state index in [0.29, 0.717) is 18.5 Å². The van der Waals surface area contributed by atoms with Crippen molar-refractivity contribution < 1.29 is 4.79 Å². The Bertz CT molecular complexity index is 500. The van der Waals surface area contributed by atoms with Gasteiger partial charge in [0.05, 0.1) is 0 Å². The zero-order chi connectivity index (χ0) is 13.4. The number of anilines is 1. The lowest BCUT2D eigenvalue weighted by Crippen LogP contribution is -2.52. The summed E-state index contributed by atoms with van der Waals surface area (Å²) in [4.78, 5) is 16.2. The molecule has 1 amide bonds. The number of carbonyl (C=O) groups excluding carboxylic acids is 1. The van der Waals surface area contributed by atoms with Crippen molar-refractivity contribution >= 4 is 11.6 Å². The number of nitrogens with two attached hydrogens (primary N) is 1. The highest BCUT2D eigenvalue weighted by molar-refractivity contribution is 5.79. The highest BCUT2D eigenvalue weighted by atomic mass is 16.2. The van der Waals surface area contributed by atoms with Gasteiger partial charge in [0, 0.05) is 44.3 Å². The molecule has 2 aliphatic heterocycles. The van der Waals surface area contributed by atoms with Crippen molar-refractivity contribution in [1.82, 2.24) is 4.90 Å². The van der Waals surface area contributed by atoms with Gasteiger partial charge < -0.3 is 15.5 Å². The van der Waals surface area contributed by atoms with Crippen molar-refractivity contribution in [2.45, 2.75) is 32.4 Å². The maximum atomic E-state index is 11.7. The second-order valence-electron chi connectivity index (χ2n) is 5.51. The lowest BCUT2D eigenvalue weighted by atomic mass is 10.0. The topological polar surface area (TPSA) is 49.6 Å². The van der Waals surface area contributed by atoms with Crippen LogP contribution in [0.5, 0.6) is 0 Å². The Hall–Kier alpha value is -1.55. The van der Waals surface area contributed by atoms with E-state index < -0.39 is 0 Å². The number of benzene rings is 1. The number of amides is 1. The summed E-state index contributed by atoms with van der Waals surface area (Å²) in [7, 11) is 0. The summed E-state index contributed by atoms with van der Waals surface area (Å²) in [5.41, 5.74) is 9.63. The Morgan fingerprint density at radius 1 is 1.37 bits per heavy atom. The molecule has 19 heavy (non-hydrogen) atoms. The van der Waals surface area contributed by atoms with Crippen LogP contribution in [0.15, 0.2) is 18.2 Å². The van der Waals surface area contributed by atoms with E-state index in [1.165, 1.54) is 16.8 Å². The Balaban J connectivity index is 1.86. The third-order valence-corrected chi connectivity index (χ3v) is 4.35. The van der Waals surface area contributed by atoms with Crippen molar-refractivity contribution in [2.24, 2.45) is 5.73 Å². The molecule has 0 saturated carbocycles. The predicted molar refractivity (Wildman–Crippen MR) is 76.0 cm³/mol. The summed E-state index contributed by atoms with van der Waals surface area (Å²) in [6.07, 6.45) is 1.72. The van der Waals surface area contributed by atoms with Crippen molar-refractivity contribution in [1.29, 1.82) is 0 Å². The van der Waals surface area contributed by atoms with Crippen molar-refractivity contribution in [2.75, 3.05) is 24.5 Å². The van der Waals surface area contributed by atoms with Gasteiger partial charge in [-0.1, -0.05) is 18.2 Å². The van der Waals surface area contributed by atoms with Crippen LogP contribution in [-0.4, -0.2) is 36.5 Å². The number of rotatable bonds is 2. The summed E-state index contributed by atoms with van der Waals surface area (Å²) in [5, 5.41) is 0. The van der Waals surface area contributed by atoms with E-state index in [4.69, 9.17) is 5.73 Å². The molecule has 2 saturated heterocycles. The van der Waals surface area contributed by atoms with Gasteiger partial charge >= 0.3 is 0 Å². The summed E-state index contributed by atoms with van der Waals surface area (Å²) in [6.45, 7) is 5.42. The molecule has 1 atom stereocenters. The van der Waals surface area contributed by atoms with Gasteiger partial charge in [-0.15, -0.1) is 0 Å². The number of fused-ring (bicyclic) bond motifs is 1. The lowest BCUT2D eigenvalue weighted by molar-refractivity contribution is -0.129. The van der Waals surface area contributed by atoms with E-state index in [2.05, 4.69) is 34.9 Å². The van der Waals surface area contributed by atoms with Gasteiger partial charge in [0.2, 0.25) is 5.91 Å². The first kappa shape index (κ1) is 12.5. The van der Waals surface area contributed by atoms with Crippen molar-refractivity contribution in [3.05, 3.63) is 29.3 Å². The number of nitrogens with zero attached hydrogens (tertiary/aromatic N) is 2. The van der Waals surface area contributed by atoms with Gasteiger partial charge in [-0.05, 0) is 24.5 Å². The fourth-order valence-electron chi connectivity index (χ4n) is 3.40. The van der Waals surface area contributed by atoms with Gasteiger partial charge in [0.25, 0.3) is 0 Å². The molecular formula is C15H21N3O. The Labute approximate surface area is 114 Å². The van der Waals surface area contributed by atoms with Crippen LogP contribution in [0.1, 0.15) is 24.0 Å². The maximum absolute atomic E-state index is 11.7. The minimum atomic E-state index is 0.327.